The van der Waals surface area contributed by atoms with E-state index in [1.165, 1.54) is 24.0 Å². The molecule has 1 rings (SSSR count). The molecule has 1 nitrogen and oxygen atoms in total. The summed E-state index contributed by atoms with van der Waals surface area (Å²) in [5.74, 6) is 0. The predicted molar refractivity (Wildman–Crippen MR) is 58.5 cm³/mol. The van der Waals surface area contributed by atoms with Gasteiger partial charge in [0.25, 0.3) is 0 Å². The molecule has 0 aromatic rings. The van der Waals surface area contributed by atoms with Gasteiger partial charge in [-0.3, -0.25) is 0 Å². The molecule has 0 amide bonds. The Labute approximate surface area is 81.0 Å². The largest absolute Gasteiger partial charge is 0.324 e. The number of nitrogens with two attached hydrogens (primary N) is 1. The quantitative estimate of drug-likeness (QED) is 0.645. The van der Waals surface area contributed by atoms with E-state index in [1.54, 1.807) is 0 Å². The SMILES string of the molecule is C=C(C)/C(C)=C/C=C1\CCCC1N. The molecule has 13 heavy (non-hydrogen) atoms. The molecule has 1 heteroatoms. The van der Waals surface area contributed by atoms with E-state index in [1.807, 2.05) is 6.92 Å². The van der Waals surface area contributed by atoms with Gasteiger partial charge >= 0.3 is 0 Å². The molecule has 1 fully saturated rings. The summed E-state index contributed by atoms with van der Waals surface area (Å²) < 4.78 is 0. The number of allylic oxidation sites excluding steroid dienone is 4. The zero-order chi connectivity index (χ0) is 9.84. The fourth-order valence-corrected chi connectivity index (χ4v) is 1.48. The molecule has 0 radical (unpaired) electrons. The third-order valence-electron chi connectivity index (χ3n) is 2.68. The van der Waals surface area contributed by atoms with E-state index in [0.29, 0.717) is 6.04 Å². The average Bonchev–Trinajstić information content (AvgIpc) is 2.47. The standard InChI is InChI=1S/C12H19N/c1-9(2)10(3)7-8-11-5-4-6-12(11)13/h7-8,12H,1,4-6,13H2,2-3H3/b10-7+,11-8+. The molecule has 0 spiro atoms. The molecule has 72 valence electrons. The normalized spacial score (nSPS) is 26.8. The van der Waals surface area contributed by atoms with Crippen molar-refractivity contribution in [1.29, 1.82) is 0 Å². The van der Waals surface area contributed by atoms with Crippen LogP contribution in [0.3, 0.4) is 0 Å². The molecular weight excluding hydrogens is 158 g/mol. The molecule has 1 aliphatic carbocycles. The molecule has 1 saturated carbocycles. The van der Waals surface area contributed by atoms with Crippen LogP contribution in [0.2, 0.25) is 0 Å². The van der Waals surface area contributed by atoms with Crippen LogP contribution in [0.15, 0.2) is 35.5 Å². The third kappa shape index (κ3) is 2.85. The summed E-state index contributed by atoms with van der Waals surface area (Å²) >= 11 is 0. The number of rotatable bonds is 2. The Bertz CT molecular complexity index is 258. The van der Waals surface area contributed by atoms with Crippen molar-refractivity contribution < 1.29 is 0 Å². The Kier molecular flexibility index (Phi) is 3.49. The first kappa shape index (κ1) is 10.3. The van der Waals surface area contributed by atoms with Crippen molar-refractivity contribution in [3.63, 3.8) is 0 Å². The Balaban J connectivity index is 2.66. The van der Waals surface area contributed by atoms with Crippen molar-refractivity contribution in [3.05, 3.63) is 35.5 Å². The first-order valence-corrected chi connectivity index (χ1v) is 4.90. The van der Waals surface area contributed by atoms with E-state index in [0.717, 1.165) is 12.0 Å². The van der Waals surface area contributed by atoms with Crippen LogP contribution in [0, 0.1) is 0 Å². The van der Waals surface area contributed by atoms with Crippen molar-refractivity contribution in [2.24, 2.45) is 5.73 Å². The Hall–Kier alpha value is -0.820. The van der Waals surface area contributed by atoms with E-state index in [9.17, 15) is 0 Å². The molecule has 0 heterocycles. The van der Waals surface area contributed by atoms with Gasteiger partial charge in [-0.05, 0) is 38.7 Å². The van der Waals surface area contributed by atoms with Gasteiger partial charge in [0.15, 0.2) is 0 Å². The van der Waals surface area contributed by atoms with Gasteiger partial charge < -0.3 is 5.73 Å². The van der Waals surface area contributed by atoms with Gasteiger partial charge in [-0.25, -0.2) is 0 Å². The summed E-state index contributed by atoms with van der Waals surface area (Å²) in [6, 6.07) is 0.300. The molecule has 0 aromatic heterocycles. The summed E-state index contributed by atoms with van der Waals surface area (Å²) in [5, 5.41) is 0. The molecule has 1 atom stereocenters. The predicted octanol–water partition coefficient (Wildman–Crippen LogP) is 2.95. The zero-order valence-corrected chi connectivity index (χ0v) is 8.64. The van der Waals surface area contributed by atoms with E-state index < -0.39 is 0 Å². The summed E-state index contributed by atoms with van der Waals surface area (Å²) in [5.41, 5.74) is 9.68. The molecule has 1 aliphatic rings. The third-order valence-corrected chi connectivity index (χ3v) is 2.68. The van der Waals surface area contributed by atoms with Crippen LogP contribution in [0.25, 0.3) is 0 Å². The van der Waals surface area contributed by atoms with Gasteiger partial charge in [0, 0.05) is 6.04 Å². The zero-order valence-electron chi connectivity index (χ0n) is 8.64. The van der Waals surface area contributed by atoms with Gasteiger partial charge in [-0.2, -0.15) is 0 Å². The van der Waals surface area contributed by atoms with Crippen LogP contribution in [0.4, 0.5) is 0 Å². The number of hydrogen-bond donors (Lipinski definition) is 1. The van der Waals surface area contributed by atoms with Crippen LogP contribution in [0.5, 0.6) is 0 Å². The van der Waals surface area contributed by atoms with Gasteiger partial charge in [0.2, 0.25) is 0 Å². The average molecular weight is 177 g/mol. The van der Waals surface area contributed by atoms with Gasteiger partial charge in [0.1, 0.15) is 0 Å². The molecule has 1 unspecified atom stereocenters. The maximum atomic E-state index is 5.92. The highest BCUT2D eigenvalue weighted by molar-refractivity contribution is 5.31. The van der Waals surface area contributed by atoms with Gasteiger partial charge in [-0.15, -0.1) is 0 Å². The lowest BCUT2D eigenvalue weighted by molar-refractivity contribution is 0.773. The molecule has 0 aromatic carbocycles. The van der Waals surface area contributed by atoms with Crippen molar-refractivity contribution in [2.45, 2.75) is 39.2 Å². The maximum absolute atomic E-state index is 5.92. The molecule has 0 aliphatic heterocycles. The Morgan fingerprint density at radius 2 is 2.23 bits per heavy atom. The van der Waals surface area contributed by atoms with E-state index in [4.69, 9.17) is 5.73 Å². The van der Waals surface area contributed by atoms with E-state index >= 15 is 0 Å². The second kappa shape index (κ2) is 4.43. The second-order valence-electron chi connectivity index (χ2n) is 3.87. The van der Waals surface area contributed by atoms with Crippen LogP contribution >= 0.6 is 0 Å². The Morgan fingerprint density at radius 1 is 1.54 bits per heavy atom. The van der Waals surface area contributed by atoms with E-state index in [2.05, 4.69) is 25.7 Å². The lowest BCUT2D eigenvalue weighted by atomic mass is 10.1. The lowest BCUT2D eigenvalue weighted by Crippen LogP contribution is -2.16. The summed E-state index contributed by atoms with van der Waals surface area (Å²) in [7, 11) is 0. The number of hydrogen-bond acceptors (Lipinski definition) is 1. The fraction of sp³-hybridized carbons (Fsp3) is 0.500. The maximum Gasteiger partial charge on any atom is 0.0256 e. The summed E-state index contributed by atoms with van der Waals surface area (Å²) in [4.78, 5) is 0. The van der Waals surface area contributed by atoms with Crippen LogP contribution < -0.4 is 5.73 Å². The topological polar surface area (TPSA) is 26.0 Å². The fourth-order valence-electron chi connectivity index (χ4n) is 1.48. The van der Waals surface area contributed by atoms with Crippen molar-refractivity contribution in [1.82, 2.24) is 0 Å². The minimum atomic E-state index is 0.300. The Morgan fingerprint density at radius 3 is 2.69 bits per heavy atom. The highest BCUT2D eigenvalue weighted by Crippen LogP contribution is 2.23. The lowest BCUT2D eigenvalue weighted by Gasteiger charge is -2.03. The first-order valence-electron chi connectivity index (χ1n) is 4.90. The van der Waals surface area contributed by atoms with E-state index in [-0.39, 0.29) is 0 Å². The molecule has 0 bridgehead atoms. The minimum absolute atomic E-state index is 0.300. The summed E-state index contributed by atoms with van der Waals surface area (Å²) in [6.07, 6.45) is 7.85. The van der Waals surface area contributed by atoms with Gasteiger partial charge in [-0.1, -0.05) is 29.9 Å². The van der Waals surface area contributed by atoms with Crippen LogP contribution in [0.1, 0.15) is 33.1 Å². The minimum Gasteiger partial charge on any atom is -0.324 e. The van der Waals surface area contributed by atoms with Crippen molar-refractivity contribution in [3.8, 4) is 0 Å². The first-order chi connectivity index (χ1) is 6.11. The smallest absolute Gasteiger partial charge is 0.0256 e. The van der Waals surface area contributed by atoms with Crippen molar-refractivity contribution in [2.75, 3.05) is 0 Å². The highest BCUT2D eigenvalue weighted by Gasteiger charge is 2.15. The highest BCUT2D eigenvalue weighted by atomic mass is 14.6. The second-order valence-corrected chi connectivity index (χ2v) is 3.87. The molecular formula is C12H19N. The molecule has 0 saturated heterocycles. The molecule has 2 N–H and O–H groups in total. The van der Waals surface area contributed by atoms with Crippen molar-refractivity contribution >= 4 is 0 Å². The van der Waals surface area contributed by atoms with Crippen LogP contribution in [-0.4, -0.2) is 6.04 Å². The summed E-state index contributed by atoms with van der Waals surface area (Å²) in [6.45, 7) is 8.00. The van der Waals surface area contributed by atoms with Gasteiger partial charge in [0.05, 0.1) is 0 Å². The van der Waals surface area contributed by atoms with Crippen LogP contribution in [-0.2, 0) is 0 Å². The monoisotopic (exact) mass is 177 g/mol.